The Labute approximate surface area is 187 Å². The number of aromatic nitrogens is 5. The summed E-state index contributed by atoms with van der Waals surface area (Å²) in [4.78, 5) is 22.2. The molecule has 0 aliphatic carbocycles. The Balaban J connectivity index is 1.63. The van der Waals surface area contributed by atoms with Gasteiger partial charge in [-0.05, 0) is 36.8 Å². The first-order chi connectivity index (χ1) is 15.7. The van der Waals surface area contributed by atoms with Gasteiger partial charge in [0.05, 0.1) is 43.5 Å². The van der Waals surface area contributed by atoms with Gasteiger partial charge in [-0.1, -0.05) is 24.3 Å². The maximum atomic E-state index is 6.12. The first-order valence-electron chi connectivity index (χ1n) is 10.0. The Bertz CT molecular complexity index is 1640. The molecule has 0 aliphatic rings. The van der Waals surface area contributed by atoms with Crippen molar-refractivity contribution in [1.82, 2.24) is 24.9 Å². The van der Waals surface area contributed by atoms with E-state index in [0.29, 0.717) is 0 Å². The first kappa shape index (κ1) is 18.6. The maximum Gasteiger partial charge on any atom is 0.221 e. The number of fused-ring (bicyclic) bond motifs is 3. The second-order valence-corrected chi connectivity index (χ2v) is 8.39. The minimum atomic E-state index is 0.222. The van der Waals surface area contributed by atoms with Gasteiger partial charge < -0.3 is 11.1 Å². The average molecular weight is 436 g/mol. The molecule has 0 saturated heterocycles. The van der Waals surface area contributed by atoms with E-state index in [1.165, 1.54) is 0 Å². The predicted molar refractivity (Wildman–Crippen MR) is 130 cm³/mol. The number of aryl methyl sites for hydroxylation is 1. The van der Waals surface area contributed by atoms with Crippen molar-refractivity contribution in [3.8, 4) is 11.3 Å². The topological polar surface area (TPSA) is 102 Å². The molecule has 32 heavy (non-hydrogen) atoms. The van der Waals surface area contributed by atoms with Gasteiger partial charge in [-0.3, -0.25) is 0 Å². The van der Waals surface area contributed by atoms with Crippen molar-refractivity contribution < 1.29 is 0 Å². The van der Waals surface area contributed by atoms with Crippen LogP contribution in [0.5, 0.6) is 0 Å². The zero-order valence-corrected chi connectivity index (χ0v) is 17.9. The summed E-state index contributed by atoms with van der Waals surface area (Å²) in [6.07, 6.45) is 3.35. The van der Waals surface area contributed by atoms with E-state index in [1.807, 2.05) is 48.0 Å². The zero-order valence-electron chi connectivity index (χ0n) is 17.1. The van der Waals surface area contributed by atoms with Crippen LogP contribution in [0.1, 0.15) is 5.56 Å². The summed E-state index contributed by atoms with van der Waals surface area (Å²) >= 11 is 1.62. The molecule has 0 aliphatic heterocycles. The third-order valence-corrected chi connectivity index (χ3v) is 6.27. The molecule has 3 aromatic carbocycles. The highest BCUT2D eigenvalue weighted by molar-refractivity contribution is 7.16. The largest absolute Gasteiger partial charge is 0.368 e. The molecule has 3 aromatic heterocycles. The second-order valence-electron chi connectivity index (χ2n) is 7.51. The Hall–Kier alpha value is -4.17. The van der Waals surface area contributed by atoms with Crippen molar-refractivity contribution in [3.05, 3.63) is 72.1 Å². The fraction of sp³-hybridized carbons (Fsp3) is 0.0417. The second kappa shape index (κ2) is 7.21. The summed E-state index contributed by atoms with van der Waals surface area (Å²) in [5, 5.41) is 5.44. The predicted octanol–water partition coefficient (Wildman–Crippen LogP) is 5.48. The fourth-order valence-corrected chi connectivity index (χ4v) is 4.70. The molecule has 0 bridgehead atoms. The van der Waals surface area contributed by atoms with Gasteiger partial charge in [0.1, 0.15) is 6.33 Å². The Kier molecular flexibility index (Phi) is 4.19. The number of anilines is 3. The molecule has 0 spiro atoms. The molecule has 6 aromatic rings. The summed E-state index contributed by atoms with van der Waals surface area (Å²) < 4.78 is 1.12. The first-order valence-corrected chi connectivity index (χ1v) is 10.9. The lowest BCUT2D eigenvalue weighted by Crippen LogP contribution is -2.02. The van der Waals surface area contributed by atoms with Gasteiger partial charge in [0.15, 0.2) is 0 Å². The standard InChI is InChI=1S/C24H17N7S/c1-13-5-7-18-20(21(13)29-15-6-8-17-19(9-15)32-12-28-17)23(31-24(25)30-18)16-4-2-3-14-10-26-11-27-22(14)16/h2-12,29H,1H3,(H2,25,30,31). The molecule has 0 saturated carbocycles. The normalized spacial score (nSPS) is 11.4. The van der Waals surface area contributed by atoms with Gasteiger partial charge in [-0.15, -0.1) is 11.3 Å². The van der Waals surface area contributed by atoms with Crippen LogP contribution in [0.15, 0.2) is 66.6 Å². The summed E-state index contributed by atoms with van der Waals surface area (Å²) in [6, 6.07) is 16.1. The summed E-state index contributed by atoms with van der Waals surface area (Å²) in [5.74, 6) is 0.222. The zero-order chi connectivity index (χ0) is 21.7. The van der Waals surface area contributed by atoms with Gasteiger partial charge in [0, 0.05) is 22.8 Å². The Morgan fingerprint density at radius 3 is 2.81 bits per heavy atom. The van der Waals surface area contributed by atoms with E-state index in [9.17, 15) is 0 Å². The quantitative estimate of drug-likeness (QED) is 0.379. The van der Waals surface area contributed by atoms with Gasteiger partial charge >= 0.3 is 0 Å². The molecule has 154 valence electrons. The molecule has 3 heterocycles. The molecule has 0 unspecified atom stereocenters. The number of benzene rings is 3. The van der Waals surface area contributed by atoms with Crippen LogP contribution < -0.4 is 11.1 Å². The number of para-hydroxylation sites is 1. The average Bonchev–Trinajstić information content (AvgIpc) is 3.28. The number of thiazole rings is 1. The highest BCUT2D eigenvalue weighted by Crippen LogP contribution is 2.38. The Morgan fingerprint density at radius 1 is 0.969 bits per heavy atom. The van der Waals surface area contributed by atoms with Crippen molar-refractivity contribution in [2.24, 2.45) is 0 Å². The smallest absolute Gasteiger partial charge is 0.221 e. The van der Waals surface area contributed by atoms with Crippen LogP contribution in [0, 0.1) is 6.92 Å². The lowest BCUT2D eigenvalue weighted by molar-refractivity contribution is 1.21. The molecule has 0 radical (unpaired) electrons. The minimum absolute atomic E-state index is 0.222. The van der Waals surface area contributed by atoms with Gasteiger partial charge in [0.2, 0.25) is 5.95 Å². The maximum absolute atomic E-state index is 6.12. The number of nitrogen functional groups attached to an aromatic ring is 1. The van der Waals surface area contributed by atoms with E-state index < -0.39 is 0 Å². The van der Waals surface area contributed by atoms with Gasteiger partial charge in [0.25, 0.3) is 0 Å². The van der Waals surface area contributed by atoms with Crippen molar-refractivity contribution >= 4 is 60.7 Å². The van der Waals surface area contributed by atoms with Gasteiger partial charge in [-0.2, -0.15) is 0 Å². The molecule has 0 fully saturated rings. The Morgan fingerprint density at radius 2 is 1.88 bits per heavy atom. The number of rotatable bonds is 3. The number of hydrogen-bond donors (Lipinski definition) is 2. The molecule has 8 heteroatoms. The van der Waals surface area contributed by atoms with E-state index >= 15 is 0 Å². The van der Waals surface area contributed by atoms with Crippen LogP contribution in [-0.2, 0) is 0 Å². The monoisotopic (exact) mass is 435 g/mol. The van der Waals surface area contributed by atoms with Crippen molar-refractivity contribution in [3.63, 3.8) is 0 Å². The fourth-order valence-electron chi connectivity index (χ4n) is 3.99. The highest BCUT2D eigenvalue weighted by Gasteiger charge is 2.17. The third kappa shape index (κ3) is 3.00. The van der Waals surface area contributed by atoms with Crippen molar-refractivity contribution in [2.75, 3.05) is 11.1 Å². The third-order valence-electron chi connectivity index (χ3n) is 5.48. The van der Waals surface area contributed by atoms with Crippen molar-refractivity contribution in [2.45, 2.75) is 6.92 Å². The SMILES string of the molecule is Cc1ccc2nc(N)nc(-c3cccc4cncnc34)c2c1Nc1ccc2ncsc2c1. The summed E-state index contributed by atoms with van der Waals surface area (Å²) in [5.41, 5.74) is 15.2. The molecule has 0 atom stereocenters. The van der Waals surface area contributed by atoms with Crippen LogP contribution in [0.4, 0.5) is 17.3 Å². The lowest BCUT2D eigenvalue weighted by atomic mass is 10.00. The van der Waals surface area contributed by atoms with Crippen LogP contribution in [0.25, 0.3) is 43.3 Å². The highest BCUT2D eigenvalue weighted by atomic mass is 32.1. The molecular weight excluding hydrogens is 418 g/mol. The van der Waals surface area contributed by atoms with Crippen molar-refractivity contribution in [1.29, 1.82) is 0 Å². The number of nitrogens with two attached hydrogens (primary N) is 1. The van der Waals surface area contributed by atoms with E-state index in [1.54, 1.807) is 23.9 Å². The number of nitrogens with one attached hydrogen (secondary N) is 1. The molecule has 7 nitrogen and oxygen atoms in total. The van der Waals surface area contributed by atoms with E-state index in [2.05, 4.69) is 43.2 Å². The van der Waals surface area contributed by atoms with Crippen LogP contribution >= 0.6 is 11.3 Å². The van der Waals surface area contributed by atoms with E-state index in [0.717, 1.165) is 60.2 Å². The van der Waals surface area contributed by atoms with Crippen LogP contribution in [0.3, 0.4) is 0 Å². The number of nitrogens with zero attached hydrogens (tertiary/aromatic N) is 5. The van der Waals surface area contributed by atoms with Crippen LogP contribution in [0.2, 0.25) is 0 Å². The molecule has 3 N–H and O–H groups in total. The van der Waals surface area contributed by atoms with Crippen LogP contribution in [-0.4, -0.2) is 24.9 Å². The van der Waals surface area contributed by atoms with Gasteiger partial charge in [-0.25, -0.2) is 24.9 Å². The molecular formula is C24H17N7S. The lowest BCUT2D eigenvalue weighted by Gasteiger charge is -2.16. The molecule has 0 amide bonds. The van der Waals surface area contributed by atoms with E-state index in [4.69, 9.17) is 5.73 Å². The molecule has 6 rings (SSSR count). The summed E-state index contributed by atoms with van der Waals surface area (Å²) in [7, 11) is 0. The summed E-state index contributed by atoms with van der Waals surface area (Å²) in [6.45, 7) is 2.07. The number of hydrogen-bond acceptors (Lipinski definition) is 8. The minimum Gasteiger partial charge on any atom is -0.368 e. The van der Waals surface area contributed by atoms with E-state index in [-0.39, 0.29) is 5.95 Å².